The molecular weight excluding hydrogens is 354 g/mol. The number of alkyl carbamates (subject to hydrolysis) is 1. The lowest BCUT2D eigenvalue weighted by Crippen LogP contribution is -2.59. The summed E-state index contributed by atoms with van der Waals surface area (Å²) in [7, 11) is 0. The van der Waals surface area contributed by atoms with Crippen molar-refractivity contribution in [1.82, 2.24) is 10.2 Å². The number of rotatable bonds is 9. The zero-order valence-electron chi connectivity index (χ0n) is 17.2. The Kier molecular flexibility index (Phi) is 9.26. The molecule has 0 aliphatic heterocycles. The van der Waals surface area contributed by atoms with Crippen LogP contribution in [0.1, 0.15) is 61.3 Å². The molecule has 0 aliphatic carbocycles. The molecule has 156 valence electrons. The van der Waals surface area contributed by atoms with Gasteiger partial charge in [0.05, 0.1) is 0 Å². The maximum atomic E-state index is 13.1. The molecule has 0 unspecified atom stereocenters. The smallest absolute Gasteiger partial charge is 0.408 e. The standard InChI is InChI=1S/C18H33N3O6/c1-10(2)14(20-17(26)27-18(5,6)7)16(25)21(11(3)4)12(15(19)24)8-9-13(22)23/h10-12,14H,8-9H2,1-7H3,(H2,19,24)(H,20,26)(H,22,23)/t12-,14+/m1/s1. The van der Waals surface area contributed by atoms with Gasteiger partial charge < -0.3 is 25.8 Å². The number of hydrogen-bond acceptors (Lipinski definition) is 5. The van der Waals surface area contributed by atoms with Crippen LogP contribution >= 0.6 is 0 Å². The van der Waals surface area contributed by atoms with Crippen LogP contribution in [0.4, 0.5) is 4.79 Å². The van der Waals surface area contributed by atoms with Crippen LogP contribution in [0.15, 0.2) is 0 Å². The van der Waals surface area contributed by atoms with Gasteiger partial charge in [0.25, 0.3) is 0 Å². The summed E-state index contributed by atoms with van der Waals surface area (Å²) in [6.45, 7) is 12.0. The lowest BCUT2D eigenvalue weighted by atomic mass is 9.99. The van der Waals surface area contributed by atoms with E-state index in [1.54, 1.807) is 48.5 Å². The molecular formula is C18H33N3O6. The molecule has 9 nitrogen and oxygen atoms in total. The van der Waals surface area contributed by atoms with Crippen molar-refractivity contribution in [3.05, 3.63) is 0 Å². The van der Waals surface area contributed by atoms with Crippen molar-refractivity contribution in [2.75, 3.05) is 0 Å². The number of carbonyl (C=O) groups is 4. The average Bonchev–Trinajstić information content (AvgIpc) is 2.45. The topological polar surface area (TPSA) is 139 Å². The number of carbonyl (C=O) groups excluding carboxylic acids is 3. The number of ether oxygens (including phenoxy) is 1. The number of carboxylic acids is 1. The summed E-state index contributed by atoms with van der Waals surface area (Å²) >= 11 is 0. The number of aliphatic carboxylic acids is 1. The molecule has 0 fully saturated rings. The molecule has 3 amide bonds. The predicted octanol–water partition coefficient (Wildman–Crippen LogP) is 1.49. The third kappa shape index (κ3) is 8.74. The van der Waals surface area contributed by atoms with E-state index in [0.717, 1.165) is 0 Å². The van der Waals surface area contributed by atoms with Crippen LogP contribution in [0.5, 0.6) is 0 Å². The minimum absolute atomic E-state index is 0.105. The van der Waals surface area contributed by atoms with Gasteiger partial charge in [-0.3, -0.25) is 14.4 Å². The summed E-state index contributed by atoms with van der Waals surface area (Å²) in [5, 5.41) is 11.4. The Morgan fingerprint density at radius 3 is 1.96 bits per heavy atom. The average molecular weight is 387 g/mol. The molecule has 2 atom stereocenters. The molecule has 0 aromatic rings. The summed E-state index contributed by atoms with van der Waals surface area (Å²) < 4.78 is 5.21. The highest BCUT2D eigenvalue weighted by atomic mass is 16.6. The van der Waals surface area contributed by atoms with Crippen molar-refractivity contribution in [2.24, 2.45) is 11.7 Å². The van der Waals surface area contributed by atoms with Gasteiger partial charge in [-0.2, -0.15) is 0 Å². The summed E-state index contributed by atoms with van der Waals surface area (Å²) in [5.41, 5.74) is 4.69. The third-order valence-corrected chi connectivity index (χ3v) is 3.71. The zero-order valence-corrected chi connectivity index (χ0v) is 17.2. The van der Waals surface area contributed by atoms with Crippen molar-refractivity contribution in [1.29, 1.82) is 0 Å². The van der Waals surface area contributed by atoms with Gasteiger partial charge in [0.2, 0.25) is 11.8 Å². The van der Waals surface area contributed by atoms with Gasteiger partial charge in [0, 0.05) is 12.5 Å². The third-order valence-electron chi connectivity index (χ3n) is 3.71. The van der Waals surface area contributed by atoms with Crippen LogP contribution in [0.25, 0.3) is 0 Å². The van der Waals surface area contributed by atoms with Crippen molar-refractivity contribution < 1.29 is 29.0 Å². The van der Waals surface area contributed by atoms with Crippen molar-refractivity contribution in [3.63, 3.8) is 0 Å². The van der Waals surface area contributed by atoms with Crippen LogP contribution in [0, 0.1) is 5.92 Å². The SMILES string of the molecule is CC(C)[C@H](NC(=O)OC(C)(C)C)C(=O)N(C(C)C)[C@H](CCC(=O)O)C(N)=O. The Balaban J connectivity index is 5.61. The number of amides is 3. The van der Waals surface area contributed by atoms with Crippen molar-refractivity contribution in [3.8, 4) is 0 Å². The maximum Gasteiger partial charge on any atom is 0.408 e. The molecule has 0 aromatic carbocycles. The molecule has 0 aliphatic rings. The number of nitrogens with two attached hydrogens (primary N) is 1. The quantitative estimate of drug-likeness (QED) is 0.548. The summed E-state index contributed by atoms with van der Waals surface area (Å²) in [6.07, 6.45) is -1.17. The van der Waals surface area contributed by atoms with E-state index in [1.807, 2.05) is 0 Å². The highest BCUT2D eigenvalue weighted by Crippen LogP contribution is 2.17. The lowest BCUT2D eigenvalue weighted by molar-refractivity contribution is -0.146. The van der Waals surface area contributed by atoms with Gasteiger partial charge in [-0.15, -0.1) is 0 Å². The Morgan fingerprint density at radius 1 is 1.11 bits per heavy atom. The van der Waals surface area contributed by atoms with Gasteiger partial charge in [-0.05, 0) is 47.0 Å². The lowest BCUT2D eigenvalue weighted by Gasteiger charge is -2.37. The maximum absolute atomic E-state index is 13.1. The second-order valence-corrected chi connectivity index (χ2v) is 8.06. The van der Waals surface area contributed by atoms with E-state index in [1.165, 1.54) is 4.90 Å². The molecule has 27 heavy (non-hydrogen) atoms. The fourth-order valence-corrected chi connectivity index (χ4v) is 2.56. The van der Waals surface area contributed by atoms with E-state index in [2.05, 4.69) is 5.32 Å². The first-order valence-corrected chi connectivity index (χ1v) is 9.00. The molecule has 0 bridgehead atoms. The largest absolute Gasteiger partial charge is 0.481 e. The first-order chi connectivity index (χ1) is 12.2. The molecule has 0 rings (SSSR count). The van der Waals surface area contributed by atoms with E-state index in [4.69, 9.17) is 15.6 Å². The first kappa shape index (κ1) is 24.7. The second-order valence-electron chi connectivity index (χ2n) is 8.06. The van der Waals surface area contributed by atoms with Crippen LogP contribution in [0.3, 0.4) is 0 Å². The van der Waals surface area contributed by atoms with Gasteiger partial charge in [-0.25, -0.2) is 4.79 Å². The number of carboxylic acid groups (broad SMARTS) is 1. The zero-order chi connectivity index (χ0) is 21.5. The minimum Gasteiger partial charge on any atom is -0.481 e. The van der Waals surface area contributed by atoms with Gasteiger partial charge in [0.1, 0.15) is 17.7 Å². The van der Waals surface area contributed by atoms with E-state index in [0.29, 0.717) is 0 Å². The number of hydrogen-bond donors (Lipinski definition) is 3. The molecule has 0 saturated carbocycles. The normalized spacial score (nSPS) is 13.8. The number of nitrogens with zero attached hydrogens (tertiary/aromatic N) is 1. The number of primary amides is 1. The Labute approximate surface area is 160 Å². The van der Waals surface area contributed by atoms with Gasteiger partial charge in [-0.1, -0.05) is 13.8 Å². The van der Waals surface area contributed by atoms with E-state index in [9.17, 15) is 19.2 Å². The van der Waals surface area contributed by atoms with Crippen molar-refractivity contribution >= 4 is 23.9 Å². The molecule has 0 heterocycles. The summed E-state index contributed by atoms with van der Waals surface area (Å²) in [6, 6.07) is -2.46. The summed E-state index contributed by atoms with van der Waals surface area (Å²) in [4.78, 5) is 49.2. The molecule has 9 heteroatoms. The second kappa shape index (κ2) is 10.1. The van der Waals surface area contributed by atoms with Crippen LogP contribution in [-0.4, -0.2) is 57.6 Å². The molecule has 0 spiro atoms. The Hall–Kier alpha value is -2.32. The number of nitrogens with one attached hydrogen (secondary N) is 1. The predicted molar refractivity (Wildman–Crippen MR) is 99.8 cm³/mol. The van der Waals surface area contributed by atoms with Crippen LogP contribution in [0.2, 0.25) is 0 Å². The minimum atomic E-state index is -1.09. The van der Waals surface area contributed by atoms with Gasteiger partial charge >= 0.3 is 12.1 Å². The monoisotopic (exact) mass is 387 g/mol. The summed E-state index contributed by atoms with van der Waals surface area (Å²) in [5.74, 6) is -2.69. The Morgan fingerprint density at radius 2 is 1.63 bits per heavy atom. The van der Waals surface area contributed by atoms with Crippen molar-refractivity contribution in [2.45, 2.75) is 85.0 Å². The Bertz CT molecular complexity index is 554. The molecule has 4 N–H and O–H groups in total. The molecule has 0 aromatic heterocycles. The van der Waals surface area contributed by atoms with E-state index >= 15 is 0 Å². The molecule has 0 radical (unpaired) electrons. The van der Waals surface area contributed by atoms with Gasteiger partial charge in [0.15, 0.2) is 0 Å². The van der Waals surface area contributed by atoms with E-state index in [-0.39, 0.29) is 18.8 Å². The first-order valence-electron chi connectivity index (χ1n) is 9.00. The van der Waals surface area contributed by atoms with E-state index < -0.39 is 47.6 Å². The molecule has 0 saturated heterocycles. The van der Waals surface area contributed by atoms with Crippen LogP contribution in [-0.2, 0) is 19.1 Å². The van der Waals surface area contributed by atoms with Crippen LogP contribution < -0.4 is 11.1 Å². The fraction of sp³-hybridized carbons (Fsp3) is 0.778. The highest BCUT2D eigenvalue weighted by Gasteiger charge is 2.37. The fourth-order valence-electron chi connectivity index (χ4n) is 2.56. The highest BCUT2D eigenvalue weighted by molar-refractivity contribution is 5.91.